The third-order valence-electron chi connectivity index (χ3n) is 1.62. The lowest BCUT2D eigenvalue weighted by molar-refractivity contribution is -0.118. The number of aliphatic hydroxyl groups is 1. The second-order valence-electron chi connectivity index (χ2n) is 4.07. The van der Waals surface area contributed by atoms with Crippen LogP contribution in [-0.4, -0.2) is 23.2 Å². The predicted octanol–water partition coefficient (Wildman–Crippen LogP) is 1.23. The topological polar surface area (TPSA) is 49.3 Å². The van der Waals surface area contributed by atoms with Crippen LogP contribution in [0.15, 0.2) is 11.6 Å². The highest BCUT2D eigenvalue weighted by Crippen LogP contribution is 2.07. The van der Waals surface area contributed by atoms with Gasteiger partial charge in [0.15, 0.2) is 0 Å². The minimum absolute atomic E-state index is 0.0854. The highest BCUT2D eigenvalue weighted by molar-refractivity contribution is 5.88. The van der Waals surface area contributed by atoms with Crippen molar-refractivity contribution in [2.24, 2.45) is 0 Å². The molecule has 0 radical (unpaired) electrons. The number of amides is 1. The zero-order valence-electron chi connectivity index (χ0n) is 8.85. The summed E-state index contributed by atoms with van der Waals surface area (Å²) in [5, 5.41) is 11.5. The lowest BCUT2D eigenvalue weighted by Crippen LogP contribution is -2.43. The molecule has 0 aliphatic rings. The average molecular weight is 185 g/mol. The number of hydrogen-bond acceptors (Lipinski definition) is 2. The molecule has 0 unspecified atom stereocenters. The monoisotopic (exact) mass is 185 g/mol. The van der Waals surface area contributed by atoms with Crippen LogP contribution in [0.5, 0.6) is 0 Å². The number of allylic oxidation sites excluding steroid dienone is 1. The van der Waals surface area contributed by atoms with Crippen molar-refractivity contribution < 1.29 is 9.90 Å². The Balaban J connectivity index is 4.12. The van der Waals surface area contributed by atoms with Gasteiger partial charge in [0.05, 0.1) is 0 Å². The van der Waals surface area contributed by atoms with E-state index in [9.17, 15) is 4.79 Å². The van der Waals surface area contributed by atoms with Crippen LogP contribution in [-0.2, 0) is 4.79 Å². The van der Waals surface area contributed by atoms with E-state index in [-0.39, 0.29) is 18.1 Å². The van der Waals surface area contributed by atoms with E-state index in [1.807, 2.05) is 27.7 Å². The van der Waals surface area contributed by atoms with Gasteiger partial charge in [-0.05, 0) is 34.1 Å². The summed E-state index contributed by atoms with van der Waals surface area (Å²) in [6, 6.07) is 0. The molecule has 0 aromatic heterocycles. The molecule has 0 saturated carbocycles. The van der Waals surface area contributed by atoms with Gasteiger partial charge in [-0.25, -0.2) is 0 Å². The van der Waals surface area contributed by atoms with Gasteiger partial charge in [-0.1, -0.05) is 5.57 Å². The summed E-state index contributed by atoms with van der Waals surface area (Å²) < 4.78 is 0. The Kier molecular flexibility index (Phi) is 4.70. The maximum absolute atomic E-state index is 11.3. The molecule has 0 aliphatic heterocycles. The maximum Gasteiger partial charge on any atom is 0.244 e. The normalized spacial score (nSPS) is 10.8. The van der Waals surface area contributed by atoms with E-state index in [1.165, 1.54) is 0 Å². The van der Waals surface area contributed by atoms with Crippen LogP contribution in [0.1, 0.15) is 34.1 Å². The van der Waals surface area contributed by atoms with Gasteiger partial charge in [0.2, 0.25) is 5.91 Å². The Morgan fingerprint density at radius 2 is 2.00 bits per heavy atom. The summed E-state index contributed by atoms with van der Waals surface area (Å²) in [4.78, 5) is 11.3. The van der Waals surface area contributed by atoms with Gasteiger partial charge in [0.1, 0.15) is 0 Å². The van der Waals surface area contributed by atoms with E-state index in [0.717, 1.165) is 5.57 Å². The molecule has 0 aromatic carbocycles. The van der Waals surface area contributed by atoms with E-state index in [1.54, 1.807) is 6.08 Å². The van der Waals surface area contributed by atoms with Crippen LogP contribution in [0.25, 0.3) is 0 Å². The fourth-order valence-corrected chi connectivity index (χ4v) is 0.974. The molecule has 0 heterocycles. The van der Waals surface area contributed by atoms with E-state index < -0.39 is 0 Å². The van der Waals surface area contributed by atoms with Gasteiger partial charge in [0, 0.05) is 18.2 Å². The summed E-state index contributed by atoms with van der Waals surface area (Å²) >= 11 is 0. The fraction of sp³-hybridized carbons (Fsp3) is 0.700. The molecule has 3 nitrogen and oxygen atoms in total. The number of carbonyl (C=O) groups excluding carboxylic acids is 1. The molecule has 0 aromatic rings. The average Bonchev–Trinajstić information content (AvgIpc) is 1.81. The summed E-state index contributed by atoms with van der Waals surface area (Å²) in [6.07, 6.45) is 2.12. The molecule has 0 fully saturated rings. The van der Waals surface area contributed by atoms with Crippen molar-refractivity contribution in [1.29, 1.82) is 0 Å². The summed E-state index contributed by atoms with van der Waals surface area (Å²) in [7, 11) is 0. The second kappa shape index (κ2) is 5.02. The smallest absolute Gasteiger partial charge is 0.244 e. The van der Waals surface area contributed by atoms with Crippen LogP contribution in [0.4, 0.5) is 0 Å². The van der Waals surface area contributed by atoms with E-state index in [4.69, 9.17) is 5.11 Å². The van der Waals surface area contributed by atoms with Gasteiger partial charge < -0.3 is 10.4 Å². The largest absolute Gasteiger partial charge is 0.396 e. The third-order valence-corrected chi connectivity index (χ3v) is 1.62. The lowest BCUT2D eigenvalue weighted by atomic mass is 10.0. The first-order chi connectivity index (χ1) is 5.87. The first kappa shape index (κ1) is 12.2. The summed E-state index contributed by atoms with van der Waals surface area (Å²) in [6.45, 7) is 7.61. The van der Waals surface area contributed by atoms with Crippen LogP contribution in [0.2, 0.25) is 0 Å². The Labute approximate surface area is 79.8 Å². The van der Waals surface area contributed by atoms with Crippen molar-refractivity contribution in [3.63, 3.8) is 0 Å². The number of rotatable bonds is 4. The number of aliphatic hydroxyl groups excluding tert-OH is 1. The second-order valence-corrected chi connectivity index (χ2v) is 4.07. The fourth-order valence-electron chi connectivity index (χ4n) is 0.974. The first-order valence-electron chi connectivity index (χ1n) is 4.45. The third kappa shape index (κ3) is 6.34. The van der Waals surface area contributed by atoms with Crippen LogP contribution < -0.4 is 5.32 Å². The molecule has 76 valence electrons. The Bertz CT molecular complexity index is 203. The van der Waals surface area contributed by atoms with Crippen molar-refractivity contribution in [1.82, 2.24) is 5.32 Å². The van der Waals surface area contributed by atoms with E-state index >= 15 is 0 Å². The van der Waals surface area contributed by atoms with Crippen molar-refractivity contribution in [2.45, 2.75) is 39.7 Å². The predicted molar refractivity (Wildman–Crippen MR) is 53.4 cm³/mol. The zero-order valence-corrected chi connectivity index (χ0v) is 8.85. The highest BCUT2D eigenvalue weighted by Gasteiger charge is 2.18. The number of nitrogens with one attached hydrogen (secondary N) is 1. The Hall–Kier alpha value is -0.830. The minimum atomic E-state index is -0.336. The van der Waals surface area contributed by atoms with Crippen LogP contribution in [0, 0.1) is 0 Å². The van der Waals surface area contributed by atoms with Gasteiger partial charge in [-0.15, -0.1) is 0 Å². The van der Waals surface area contributed by atoms with E-state index in [2.05, 4.69) is 5.32 Å². The molecule has 0 aliphatic carbocycles. The molecular weight excluding hydrogens is 166 g/mol. The van der Waals surface area contributed by atoms with Crippen LogP contribution >= 0.6 is 0 Å². The Morgan fingerprint density at radius 1 is 1.46 bits per heavy atom. The maximum atomic E-state index is 11.3. The Morgan fingerprint density at radius 3 is 2.38 bits per heavy atom. The number of carbonyl (C=O) groups is 1. The lowest BCUT2D eigenvalue weighted by Gasteiger charge is -2.24. The van der Waals surface area contributed by atoms with Crippen molar-refractivity contribution >= 4 is 5.91 Å². The highest BCUT2D eigenvalue weighted by atomic mass is 16.3. The van der Waals surface area contributed by atoms with Crippen molar-refractivity contribution in [2.75, 3.05) is 6.61 Å². The molecular formula is C10H19NO2. The minimum Gasteiger partial charge on any atom is -0.396 e. The number of hydrogen-bond donors (Lipinski definition) is 2. The molecule has 2 N–H and O–H groups in total. The SMILES string of the molecule is CC(C)=CC(=O)NC(C)(C)CCO. The molecule has 13 heavy (non-hydrogen) atoms. The molecule has 3 heteroatoms. The molecule has 0 bridgehead atoms. The first-order valence-corrected chi connectivity index (χ1v) is 4.45. The molecule has 0 atom stereocenters. The van der Waals surface area contributed by atoms with E-state index in [0.29, 0.717) is 6.42 Å². The molecule has 1 amide bonds. The zero-order chi connectivity index (χ0) is 10.5. The van der Waals surface area contributed by atoms with Gasteiger partial charge in [-0.3, -0.25) is 4.79 Å². The molecule has 0 saturated heterocycles. The van der Waals surface area contributed by atoms with Gasteiger partial charge in [-0.2, -0.15) is 0 Å². The van der Waals surface area contributed by atoms with Gasteiger partial charge in [0.25, 0.3) is 0 Å². The van der Waals surface area contributed by atoms with Crippen LogP contribution in [0.3, 0.4) is 0 Å². The molecule has 0 spiro atoms. The van der Waals surface area contributed by atoms with Crippen molar-refractivity contribution in [3.05, 3.63) is 11.6 Å². The van der Waals surface area contributed by atoms with Gasteiger partial charge >= 0.3 is 0 Å². The van der Waals surface area contributed by atoms with Crippen molar-refractivity contribution in [3.8, 4) is 0 Å². The molecule has 0 rings (SSSR count). The quantitative estimate of drug-likeness (QED) is 0.647. The summed E-state index contributed by atoms with van der Waals surface area (Å²) in [5.41, 5.74) is 0.634. The standard InChI is InChI=1S/C10H19NO2/c1-8(2)7-9(13)11-10(3,4)5-6-12/h7,12H,5-6H2,1-4H3,(H,11,13). The summed E-state index contributed by atoms with van der Waals surface area (Å²) in [5.74, 6) is -0.0987.